The Morgan fingerprint density at radius 3 is 2.71 bits per heavy atom. The van der Waals surface area contributed by atoms with Gasteiger partial charge in [0.25, 0.3) is 0 Å². The van der Waals surface area contributed by atoms with Crippen molar-refractivity contribution in [2.75, 3.05) is 0 Å². The highest BCUT2D eigenvalue weighted by atomic mass is 127. The molecule has 0 unspecified atom stereocenters. The maximum atomic E-state index is 4.61. The van der Waals surface area contributed by atoms with Crippen molar-refractivity contribution in [1.29, 1.82) is 0 Å². The zero-order chi connectivity index (χ0) is 10.3. The molecule has 0 aromatic carbocycles. The Morgan fingerprint density at radius 2 is 2.07 bits per heavy atom. The van der Waals surface area contributed by atoms with Crippen LogP contribution in [0.1, 0.15) is 31.2 Å². The summed E-state index contributed by atoms with van der Waals surface area (Å²) >= 11 is 2.32. The van der Waals surface area contributed by atoms with Crippen LogP contribution in [-0.2, 0) is 0 Å². The highest BCUT2D eigenvalue weighted by Gasteiger charge is 2.10. The van der Waals surface area contributed by atoms with Crippen LogP contribution in [0.4, 0.5) is 0 Å². The zero-order valence-corrected chi connectivity index (χ0v) is 10.7. The van der Waals surface area contributed by atoms with Crippen molar-refractivity contribution in [3.05, 3.63) is 33.3 Å². The van der Waals surface area contributed by atoms with Crippen LogP contribution in [0.25, 0.3) is 5.65 Å². The van der Waals surface area contributed by atoms with Crippen molar-refractivity contribution in [3.63, 3.8) is 0 Å². The van der Waals surface area contributed by atoms with E-state index in [9.17, 15) is 0 Å². The van der Waals surface area contributed by atoms with Crippen molar-refractivity contribution in [1.82, 2.24) is 9.38 Å². The molecular weight excluding hydrogens is 287 g/mol. The fourth-order valence-corrected chi connectivity index (χ4v) is 2.16. The van der Waals surface area contributed by atoms with Gasteiger partial charge < -0.3 is 4.40 Å². The first-order valence-corrected chi connectivity index (χ1v) is 5.81. The van der Waals surface area contributed by atoms with Crippen LogP contribution in [0.15, 0.2) is 18.3 Å². The van der Waals surface area contributed by atoms with Crippen LogP contribution in [0, 0.1) is 10.5 Å². The van der Waals surface area contributed by atoms with E-state index in [0.29, 0.717) is 5.92 Å². The second kappa shape index (κ2) is 3.53. The highest BCUT2D eigenvalue weighted by Crippen LogP contribution is 2.20. The molecule has 0 atom stereocenters. The Labute approximate surface area is 97.5 Å². The van der Waals surface area contributed by atoms with Gasteiger partial charge in [0.1, 0.15) is 5.65 Å². The number of hydrogen-bond acceptors (Lipinski definition) is 1. The minimum absolute atomic E-state index is 0.493. The minimum atomic E-state index is 0.493. The van der Waals surface area contributed by atoms with Crippen LogP contribution in [0.5, 0.6) is 0 Å². The molecule has 0 aliphatic heterocycles. The van der Waals surface area contributed by atoms with E-state index in [0.717, 1.165) is 5.65 Å². The second-order valence-corrected chi connectivity index (χ2v) is 5.06. The lowest BCUT2D eigenvalue weighted by Crippen LogP contribution is -1.92. The lowest BCUT2D eigenvalue weighted by molar-refractivity contribution is 0.821. The first kappa shape index (κ1) is 9.96. The topological polar surface area (TPSA) is 17.3 Å². The number of fused-ring (bicyclic) bond motifs is 1. The lowest BCUT2D eigenvalue weighted by atomic mass is 10.1. The number of pyridine rings is 1. The van der Waals surface area contributed by atoms with Crippen molar-refractivity contribution < 1.29 is 0 Å². The third-order valence-corrected chi connectivity index (χ3v) is 3.04. The smallest absolute Gasteiger partial charge is 0.137 e. The number of rotatable bonds is 1. The van der Waals surface area contributed by atoms with Gasteiger partial charge in [0.05, 0.1) is 5.69 Å². The highest BCUT2D eigenvalue weighted by molar-refractivity contribution is 14.1. The van der Waals surface area contributed by atoms with Gasteiger partial charge in [-0.25, -0.2) is 4.98 Å². The van der Waals surface area contributed by atoms with E-state index in [4.69, 9.17) is 0 Å². The standard InChI is InChI=1S/C11H13IN2/c1-7(2)11-8(3)14-6-9(12)4-5-10(14)13-11/h4-7H,1-3H3. The third-order valence-electron chi connectivity index (χ3n) is 2.40. The predicted molar refractivity (Wildman–Crippen MR) is 66.7 cm³/mol. The molecule has 0 amide bonds. The van der Waals surface area contributed by atoms with Gasteiger partial charge in [-0.1, -0.05) is 13.8 Å². The molecule has 2 aromatic rings. The monoisotopic (exact) mass is 300 g/mol. The Bertz CT molecular complexity index is 471. The average Bonchev–Trinajstić information content (AvgIpc) is 2.44. The molecule has 0 radical (unpaired) electrons. The molecule has 3 heteroatoms. The molecule has 0 spiro atoms. The molecule has 0 aliphatic carbocycles. The molecular formula is C11H13IN2. The normalized spacial score (nSPS) is 11.5. The molecule has 0 saturated carbocycles. The fraction of sp³-hybridized carbons (Fsp3) is 0.364. The van der Waals surface area contributed by atoms with Crippen LogP contribution >= 0.6 is 22.6 Å². The van der Waals surface area contributed by atoms with Crippen LogP contribution in [0.3, 0.4) is 0 Å². The van der Waals surface area contributed by atoms with Gasteiger partial charge >= 0.3 is 0 Å². The summed E-state index contributed by atoms with van der Waals surface area (Å²) in [4.78, 5) is 4.61. The van der Waals surface area contributed by atoms with E-state index < -0.39 is 0 Å². The van der Waals surface area contributed by atoms with Gasteiger partial charge in [0, 0.05) is 15.5 Å². The van der Waals surface area contributed by atoms with Gasteiger partial charge in [-0.15, -0.1) is 0 Å². The Kier molecular flexibility index (Phi) is 2.51. The van der Waals surface area contributed by atoms with Gasteiger partial charge in [-0.2, -0.15) is 0 Å². The van der Waals surface area contributed by atoms with Crippen LogP contribution in [-0.4, -0.2) is 9.38 Å². The fourth-order valence-electron chi connectivity index (χ4n) is 1.70. The largest absolute Gasteiger partial charge is 0.303 e. The van der Waals surface area contributed by atoms with Gasteiger partial charge in [-0.3, -0.25) is 0 Å². The number of hydrogen-bond donors (Lipinski definition) is 0. The van der Waals surface area contributed by atoms with E-state index in [1.54, 1.807) is 0 Å². The molecule has 14 heavy (non-hydrogen) atoms. The van der Waals surface area contributed by atoms with Crippen molar-refractivity contribution >= 4 is 28.2 Å². The number of imidazole rings is 1. The zero-order valence-electron chi connectivity index (χ0n) is 8.58. The summed E-state index contributed by atoms with van der Waals surface area (Å²) in [5.41, 5.74) is 3.51. The number of halogens is 1. The molecule has 2 nitrogen and oxygen atoms in total. The van der Waals surface area contributed by atoms with E-state index in [1.165, 1.54) is 15.0 Å². The summed E-state index contributed by atoms with van der Waals surface area (Å²) in [6.07, 6.45) is 2.13. The Balaban J connectivity index is 2.74. The molecule has 0 bridgehead atoms. The summed E-state index contributed by atoms with van der Waals surface area (Å²) < 4.78 is 3.41. The molecule has 2 rings (SSSR count). The van der Waals surface area contributed by atoms with Crippen LogP contribution < -0.4 is 0 Å². The first-order valence-electron chi connectivity index (χ1n) is 4.73. The quantitative estimate of drug-likeness (QED) is 0.738. The minimum Gasteiger partial charge on any atom is -0.303 e. The molecule has 2 aromatic heterocycles. The molecule has 0 aliphatic rings. The van der Waals surface area contributed by atoms with E-state index >= 15 is 0 Å². The Hall–Kier alpha value is -0.580. The van der Waals surface area contributed by atoms with E-state index in [1.807, 2.05) is 0 Å². The Morgan fingerprint density at radius 1 is 1.36 bits per heavy atom. The first-order chi connectivity index (χ1) is 6.59. The maximum Gasteiger partial charge on any atom is 0.137 e. The average molecular weight is 300 g/mol. The summed E-state index contributed by atoms with van der Waals surface area (Å²) in [7, 11) is 0. The number of nitrogens with zero attached hydrogens (tertiary/aromatic N) is 2. The molecule has 0 N–H and O–H groups in total. The van der Waals surface area contributed by atoms with Crippen molar-refractivity contribution in [3.8, 4) is 0 Å². The second-order valence-electron chi connectivity index (χ2n) is 3.81. The summed E-state index contributed by atoms with van der Waals surface area (Å²) in [5.74, 6) is 0.493. The predicted octanol–water partition coefficient (Wildman–Crippen LogP) is 3.37. The SMILES string of the molecule is Cc1c(C(C)C)nc2ccc(I)cn12. The summed E-state index contributed by atoms with van der Waals surface area (Å²) in [6.45, 7) is 6.49. The third kappa shape index (κ3) is 1.54. The maximum absolute atomic E-state index is 4.61. The summed E-state index contributed by atoms with van der Waals surface area (Å²) in [5, 5.41) is 0. The van der Waals surface area contributed by atoms with Crippen LogP contribution in [0.2, 0.25) is 0 Å². The van der Waals surface area contributed by atoms with E-state index in [-0.39, 0.29) is 0 Å². The van der Waals surface area contributed by atoms with Crippen molar-refractivity contribution in [2.45, 2.75) is 26.7 Å². The van der Waals surface area contributed by atoms with Gasteiger partial charge in [0.15, 0.2) is 0 Å². The van der Waals surface area contributed by atoms with E-state index in [2.05, 4.69) is 71.1 Å². The van der Waals surface area contributed by atoms with Crippen molar-refractivity contribution in [2.24, 2.45) is 0 Å². The number of aromatic nitrogens is 2. The van der Waals surface area contributed by atoms with Gasteiger partial charge in [-0.05, 0) is 47.6 Å². The van der Waals surface area contributed by atoms with Gasteiger partial charge in [0.2, 0.25) is 0 Å². The number of aryl methyl sites for hydroxylation is 1. The molecule has 74 valence electrons. The molecule has 0 saturated heterocycles. The molecule has 0 fully saturated rings. The lowest BCUT2D eigenvalue weighted by Gasteiger charge is -2.01. The summed E-state index contributed by atoms with van der Waals surface area (Å²) in [6, 6.07) is 4.16. The molecule has 2 heterocycles.